The van der Waals surface area contributed by atoms with Crippen LogP contribution in [-0.2, 0) is 0 Å². The van der Waals surface area contributed by atoms with Crippen LogP contribution in [0.3, 0.4) is 0 Å². The molecule has 2 unspecified atom stereocenters. The van der Waals surface area contributed by atoms with Crippen LogP contribution in [0.1, 0.15) is 45.6 Å². The van der Waals surface area contributed by atoms with E-state index in [-0.39, 0.29) is 0 Å². The molecule has 0 aliphatic carbocycles. The zero-order valence-electron chi connectivity index (χ0n) is 19.7. The molecule has 2 atom stereocenters. The van der Waals surface area contributed by atoms with Gasteiger partial charge in [0.1, 0.15) is 5.82 Å². The molecule has 2 aromatic carbocycles. The molecule has 0 radical (unpaired) electrons. The number of rotatable bonds is 8. The molecule has 172 valence electrons. The molecule has 33 heavy (non-hydrogen) atoms. The number of benzene rings is 2. The average Bonchev–Trinajstić information content (AvgIpc) is 3.25. The highest BCUT2D eigenvalue weighted by molar-refractivity contribution is 5.91. The molecule has 7 heteroatoms. The van der Waals surface area contributed by atoms with Gasteiger partial charge in [-0.1, -0.05) is 26.0 Å². The van der Waals surface area contributed by atoms with Crippen LogP contribution in [0.4, 0.5) is 23.1 Å². The topological polar surface area (TPSA) is 103 Å². The Labute approximate surface area is 196 Å². The second kappa shape index (κ2) is 10.1. The van der Waals surface area contributed by atoms with Crippen molar-refractivity contribution < 1.29 is 0 Å². The van der Waals surface area contributed by atoms with Crippen LogP contribution in [-0.4, -0.2) is 35.1 Å². The second-order valence-electron chi connectivity index (χ2n) is 9.44. The van der Waals surface area contributed by atoms with E-state index in [4.69, 9.17) is 15.7 Å². The van der Waals surface area contributed by atoms with E-state index in [1.165, 1.54) is 12.8 Å². The Morgan fingerprint density at radius 1 is 1.15 bits per heavy atom. The number of hydrogen-bond donors (Lipinski definition) is 3. The van der Waals surface area contributed by atoms with Crippen molar-refractivity contribution in [2.75, 3.05) is 29.0 Å². The Kier molecular flexibility index (Phi) is 6.95. The Hall–Kier alpha value is -3.37. The molecule has 1 aliphatic rings. The number of para-hydroxylation sites is 1. The maximum absolute atomic E-state index is 9.25. The molecular formula is C26H33N7. The minimum Gasteiger partial charge on any atom is -0.399 e. The summed E-state index contributed by atoms with van der Waals surface area (Å²) in [6, 6.07) is 16.4. The first kappa shape index (κ1) is 22.8. The lowest BCUT2D eigenvalue weighted by Crippen LogP contribution is -2.38. The lowest BCUT2D eigenvalue weighted by Gasteiger charge is -2.23. The number of anilines is 4. The number of nitrogens with one attached hydrogen (secondary N) is 2. The fraction of sp³-hybridized carbons (Fsp3) is 0.423. The lowest BCUT2D eigenvalue weighted by atomic mass is 10.0. The van der Waals surface area contributed by atoms with Gasteiger partial charge in [-0.05, 0) is 62.4 Å². The Morgan fingerprint density at radius 3 is 2.76 bits per heavy atom. The van der Waals surface area contributed by atoms with Gasteiger partial charge in [-0.2, -0.15) is 10.2 Å². The van der Waals surface area contributed by atoms with E-state index in [1.54, 1.807) is 18.2 Å². The SMILES string of the molecule is CC(C)CCC(C)NC1CCN(c2nc(Nc3cc(N)cc(C#N)c3)nc3ccccc23)C1. The van der Waals surface area contributed by atoms with Crippen molar-refractivity contribution in [3.05, 3.63) is 48.0 Å². The van der Waals surface area contributed by atoms with E-state index >= 15 is 0 Å². The monoisotopic (exact) mass is 443 g/mol. The van der Waals surface area contributed by atoms with E-state index in [2.05, 4.69) is 48.4 Å². The van der Waals surface area contributed by atoms with Crippen molar-refractivity contribution in [2.24, 2.45) is 5.92 Å². The summed E-state index contributed by atoms with van der Waals surface area (Å²) in [5, 5.41) is 17.4. The van der Waals surface area contributed by atoms with Crippen LogP contribution < -0.4 is 21.3 Å². The lowest BCUT2D eigenvalue weighted by molar-refractivity contribution is 0.412. The highest BCUT2D eigenvalue weighted by Gasteiger charge is 2.26. The molecule has 3 aromatic rings. The summed E-state index contributed by atoms with van der Waals surface area (Å²) in [5.74, 6) is 2.17. The summed E-state index contributed by atoms with van der Waals surface area (Å²) >= 11 is 0. The third-order valence-electron chi connectivity index (χ3n) is 6.11. The average molecular weight is 444 g/mol. The van der Waals surface area contributed by atoms with Gasteiger partial charge in [0.2, 0.25) is 5.95 Å². The van der Waals surface area contributed by atoms with Crippen molar-refractivity contribution in [1.82, 2.24) is 15.3 Å². The molecule has 0 saturated carbocycles. The minimum atomic E-state index is 0.449. The summed E-state index contributed by atoms with van der Waals surface area (Å²) < 4.78 is 0. The number of nitriles is 1. The van der Waals surface area contributed by atoms with Gasteiger partial charge in [0, 0.05) is 41.9 Å². The molecule has 4 rings (SSSR count). The maximum Gasteiger partial charge on any atom is 0.229 e. The number of nitrogens with zero attached hydrogens (tertiary/aromatic N) is 4. The maximum atomic E-state index is 9.25. The molecule has 1 aliphatic heterocycles. The Balaban J connectivity index is 1.55. The Morgan fingerprint density at radius 2 is 1.97 bits per heavy atom. The number of nitrogens with two attached hydrogens (primary N) is 1. The van der Waals surface area contributed by atoms with Crippen LogP contribution in [0.5, 0.6) is 0 Å². The van der Waals surface area contributed by atoms with Crippen molar-refractivity contribution >= 4 is 34.0 Å². The quantitative estimate of drug-likeness (QED) is 0.429. The summed E-state index contributed by atoms with van der Waals surface area (Å²) in [7, 11) is 0. The predicted molar refractivity (Wildman–Crippen MR) is 136 cm³/mol. The summed E-state index contributed by atoms with van der Waals surface area (Å²) in [5.41, 5.74) is 8.57. The van der Waals surface area contributed by atoms with Gasteiger partial charge in [-0.25, -0.2) is 4.98 Å². The van der Waals surface area contributed by atoms with Crippen LogP contribution in [0.2, 0.25) is 0 Å². The zero-order chi connectivity index (χ0) is 23.4. The van der Waals surface area contributed by atoms with Crippen LogP contribution >= 0.6 is 0 Å². The standard InChI is InChI=1S/C26H33N7/c1-17(2)8-9-18(3)29-21-10-11-33(16-21)25-23-6-4-5-7-24(23)31-26(32-25)30-22-13-19(15-27)12-20(28)14-22/h4-7,12-14,17-18,21,29H,8-11,16,28H2,1-3H3,(H,30,31,32). The fourth-order valence-electron chi connectivity index (χ4n) is 4.43. The molecule has 7 nitrogen and oxygen atoms in total. The van der Waals surface area contributed by atoms with Crippen LogP contribution in [0.25, 0.3) is 10.9 Å². The summed E-state index contributed by atoms with van der Waals surface area (Å²) in [6.07, 6.45) is 3.53. The van der Waals surface area contributed by atoms with Gasteiger partial charge in [0.05, 0.1) is 17.1 Å². The van der Waals surface area contributed by atoms with Gasteiger partial charge in [-0.3, -0.25) is 0 Å². The normalized spacial score (nSPS) is 16.8. The van der Waals surface area contributed by atoms with Crippen LogP contribution in [0.15, 0.2) is 42.5 Å². The van der Waals surface area contributed by atoms with Crippen molar-refractivity contribution in [1.29, 1.82) is 5.26 Å². The van der Waals surface area contributed by atoms with Crippen molar-refractivity contribution in [2.45, 2.75) is 52.1 Å². The second-order valence-corrected chi connectivity index (χ2v) is 9.44. The minimum absolute atomic E-state index is 0.449. The van der Waals surface area contributed by atoms with Crippen LogP contribution in [0, 0.1) is 17.2 Å². The largest absolute Gasteiger partial charge is 0.399 e. The third-order valence-corrected chi connectivity index (χ3v) is 6.11. The number of fused-ring (bicyclic) bond motifs is 1. The first-order chi connectivity index (χ1) is 15.9. The van der Waals surface area contributed by atoms with E-state index in [0.717, 1.165) is 42.1 Å². The Bertz CT molecular complexity index is 1150. The molecular weight excluding hydrogens is 410 g/mol. The highest BCUT2D eigenvalue weighted by atomic mass is 15.3. The first-order valence-electron chi connectivity index (χ1n) is 11.8. The predicted octanol–water partition coefficient (Wildman–Crippen LogP) is 4.82. The van der Waals surface area contributed by atoms with Gasteiger partial charge in [0.25, 0.3) is 0 Å². The third kappa shape index (κ3) is 5.71. The molecule has 1 saturated heterocycles. The first-order valence-corrected chi connectivity index (χ1v) is 11.8. The smallest absolute Gasteiger partial charge is 0.229 e. The molecule has 0 spiro atoms. The summed E-state index contributed by atoms with van der Waals surface area (Å²) in [6.45, 7) is 8.71. The number of hydrogen-bond acceptors (Lipinski definition) is 7. The van der Waals surface area contributed by atoms with E-state index in [9.17, 15) is 5.26 Å². The van der Waals surface area contributed by atoms with Gasteiger partial charge in [0.15, 0.2) is 0 Å². The summed E-state index contributed by atoms with van der Waals surface area (Å²) in [4.78, 5) is 11.9. The van der Waals surface area contributed by atoms with Crippen molar-refractivity contribution in [3.8, 4) is 6.07 Å². The molecule has 2 heterocycles. The highest BCUT2D eigenvalue weighted by Crippen LogP contribution is 2.29. The van der Waals surface area contributed by atoms with E-state index < -0.39 is 0 Å². The number of aromatic nitrogens is 2. The molecule has 0 amide bonds. The van der Waals surface area contributed by atoms with Gasteiger partial charge < -0.3 is 21.3 Å². The van der Waals surface area contributed by atoms with Crippen molar-refractivity contribution in [3.63, 3.8) is 0 Å². The van der Waals surface area contributed by atoms with Gasteiger partial charge in [-0.15, -0.1) is 0 Å². The molecule has 1 aromatic heterocycles. The van der Waals surface area contributed by atoms with E-state index in [0.29, 0.717) is 35.0 Å². The number of nitrogen functional groups attached to an aromatic ring is 1. The molecule has 1 fully saturated rings. The van der Waals surface area contributed by atoms with E-state index in [1.807, 2.05) is 18.2 Å². The molecule has 0 bridgehead atoms. The van der Waals surface area contributed by atoms with Gasteiger partial charge >= 0.3 is 0 Å². The molecule has 4 N–H and O–H groups in total. The fourth-order valence-corrected chi connectivity index (χ4v) is 4.43. The zero-order valence-corrected chi connectivity index (χ0v) is 19.7.